The Morgan fingerprint density at radius 1 is 0.839 bits per heavy atom. The van der Waals surface area contributed by atoms with Crippen LogP contribution in [0, 0.1) is 38.5 Å². The normalized spacial score (nSPS) is 20.3. The van der Waals surface area contributed by atoms with Gasteiger partial charge >= 0.3 is 0 Å². The van der Waals surface area contributed by atoms with Crippen molar-refractivity contribution in [2.75, 3.05) is 7.11 Å². The summed E-state index contributed by atoms with van der Waals surface area (Å²) in [5.74, 6) is 4.68. The number of fused-ring (bicyclic) bond motifs is 1. The third-order valence-corrected chi connectivity index (χ3v) is 7.81. The van der Waals surface area contributed by atoms with Gasteiger partial charge in [0.2, 0.25) is 0 Å². The standard InChI is InChI=1S/C29H50O2/c1-20(2)12-10-13-21(3)14-11-15-22(4)16-18-29(8)19-17-26-25(7)27(30-9)23(5)24(6)28(26)31-29/h20-22H,10-19H2,1-9H3/t21-,22-,29-/m1/s1. The van der Waals surface area contributed by atoms with E-state index in [0.717, 1.165) is 48.5 Å². The van der Waals surface area contributed by atoms with Crippen molar-refractivity contribution in [1.82, 2.24) is 0 Å². The quantitative estimate of drug-likeness (QED) is 0.330. The molecular formula is C29H50O2. The van der Waals surface area contributed by atoms with E-state index in [4.69, 9.17) is 9.47 Å². The fourth-order valence-electron chi connectivity index (χ4n) is 5.29. The molecule has 1 aliphatic heterocycles. The minimum Gasteiger partial charge on any atom is -0.496 e. The zero-order chi connectivity index (χ0) is 23.2. The van der Waals surface area contributed by atoms with Crippen LogP contribution in [0.5, 0.6) is 11.5 Å². The topological polar surface area (TPSA) is 18.5 Å². The maximum atomic E-state index is 6.71. The lowest BCUT2D eigenvalue weighted by molar-refractivity contribution is 0.0484. The molecule has 0 radical (unpaired) electrons. The van der Waals surface area contributed by atoms with Crippen LogP contribution in [0.4, 0.5) is 0 Å². The second kappa shape index (κ2) is 11.6. The summed E-state index contributed by atoms with van der Waals surface area (Å²) in [5, 5.41) is 0. The molecule has 0 spiro atoms. The molecule has 1 aromatic rings. The molecule has 2 rings (SSSR count). The van der Waals surface area contributed by atoms with Gasteiger partial charge in [0.1, 0.15) is 17.1 Å². The maximum Gasteiger partial charge on any atom is 0.127 e. The Morgan fingerprint density at radius 2 is 1.42 bits per heavy atom. The van der Waals surface area contributed by atoms with Crippen molar-refractivity contribution in [3.63, 3.8) is 0 Å². The van der Waals surface area contributed by atoms with Gasteiger partial charge in [-0.1, -0.05) is 66.2 Å². The molecule has 1 aliphatic rings. The molecule has 0 fully saturated rings. The summed E-state index contributed by atoms with van der Waals surface area (Å²) in [5.41, 5.74) is 5.06. The van der Waals surface area contributed by atoms with Crippen molar-refractivity contribution in [2.24, 2.45) is 17.8 Å². The first-order valence-electron chi connectivity index (χ1n) is 12.9. The molecule has 1 heterocycles. The molecule has 1 aromatic carbocycles. The van der Waals surface area contributed by atoms with Crippen molar-refractivity contribution in [3.8, 4) is 11.5 Å². The number of benzene rings is 1. The summed E-state index contributed by atoms with van der Waals surface area (Å²) in [6.45, 7) is 18.4. The van der Waals surface area contributed by atoms with E-state index >= 15 is 0 Å². The highest BCUT2D eigenvalue weighted by Gasteiger charge is 2.34. The van der Waals surface area contributed by atoms with E-state index in [-0.39, 0.29) is 5.60 Å². The van der Waals surface area contributed by atoms with E-state index in [1.807, 2.05) is 0 Å². The lowest BCUT2D eigenvalue weighted by Crippen LogP contribution is -2.37. The molecule has 0 saturated heterocycles. The van der Waals surface area contributed by atoms with Crippen LogP contribution in [0.3, 0.4) is 0 Å². The SMILES string of the molecule is COc1c(C)c(C)c2c(c1C)CC[C@@](C)(CC[C@H](C)CCC[C@H](C)CCCC(C)C)O2. The van der Waals surface area contributed by atoms with Crippen LogP contribution >= 0.6 is 0 Å². The Balaban J connectivity index is 1.83. The van der Waals surface area contributed by atoms with E-state index in [1.165, 1.54) is 67.2 Å². The second-order valence-electron chi connectivity index (χ2n) is 11.3. The first-order valence-corrected chi connectivity index (χ1v) is 12.9. The first-order chi connectivity index (χ1) is 14.6. The highest BCUT2D eigenvalue weighted by atomic mass is 16.5. The minimum absolute atomic E-state index is 0.0381. The zero-order valence-electron chi connectivity index (χ0n) is 22.1. The molecule has 0 amide bonds. The van der Waals surface area contributed by atoms with Crippen LogP contribution < -0.4 is 9.47 Å². The van der Waals surface area contributed by atoms with Crippen molar-refractivity contribution >= 4 is 0 Å². The highest BCUT2D eigenvalue weighted by molar-refractivity contribution is 5.58. The van der Waals surface area contributed by atoms with Gasteiger partial charge in [-0.25, -0.2) is 0 Å². The van der Waals surface area contributed by atoms with Crippen molar-refractivity contribution in [3.05, 3.63) is 22.3 Å². The Labute approximate surface area is 193 Å². The van der Waals surface area contributed by atoms with Gasteiger partial charge < -0.3 is 9.47 Å². The van der Waals surface area contributed by atoms with Crippen molar-refractivity contribution in [2.45, 2.75) is 125 Å². The average Bonchev–Trinajstić information content (AvgIpc) is 2.71. The number of ether oxygens (including phenoxy) is 2. The third-order valence-electron chi connectivity index (χ3n) is 7.81. The smallest absolute Gasteiger partial charge is 0.127 e. The zero-order valence-corrected chi connectivity index (χ0v) is 22.1. The Bertz CT molecular complexity index is 705. The fourth-order valence-corrected chi connectivity index (χ4v) is 5.29. The van der Waals surface area contributed by atoms with Gasteiger partial charge in [0.25, 0.3) is 0 Å². The lowest BCUT2D eigenvalue weighted by atomic mass is 9.83. The molecule has 0 bridgehead atoms. The monoisotopic (exact) mass is 430 g/mol. The number of hydrogen-bond acceptors (Lipinski definition) is 2. The van der Waals surface area contributed by atoms with Crippen LogP contribution in [-0.4, -0.2) is 12.7 Å². The van der Waals surface area contributed by atoms with Gasteiger partial charge in [-0.15, -0.1) is 0 Å². The van der Waals surface area contributed by atoms with Crippen LogP contribution in [0.2, 0.25) is 0 Å². The Hall–Kier alpha value is -1.18. The molecule has 0 aliphatic carbocycles. The fraction of sp³-hybridized carbons (Fsp3) is 0.793. The molecular weight excluding hydrogens is 380 g/mol. The van der Waals surface area contributed by atoms with Crippen molar-refractivity contribution < 1.29 is 9.47 Å². The molecule has 2 heteroatoms. The number of methoxy groups -OCH3 is 1. The molecule has 178 valence electrons. The van der Waals surface area contributed by atoms with Crippen LogP contribution in [0.25, 0.3) is 0 Å². The molecule has 0 saturated carbocycles. The minimum atomic E-state index is -0.0381. The molecule has 2 nitrogen and oxygen atoms in total. The average molecular weight is 431 g/mol. The summed E-state index contributed by atoms with van der Waals surface area (Å²) in [6, 6.07) is 0. The van der Waals surface area contributed by atoms with E-state index in [1.54, 1.807) is 7.11 Å². The lowest BCUT2D eigenvalue weighted by Gasteiger charge is -2.39. The van der Waals surface area contributed by atoms with Gasteiger partial charge in [-0.3, -0.25) is 0 Å². The molecule has 0 N–H and O–H groups in total. The molecule has 31 heavy (non-hydrogen) atoms. The third kappa shape index (κ3) is 7.16. The summed E-state index contributed by atoms with van der Waals surface area (Å²) in [4.78, 5) is 0. The Morgan fingerprint density at radius 3 is 2.00 bits per heavy atom. The van der Waals surface area contributed by atoms with E-state index in [9.17, 15) is 0 Å². The molecule has 3 atom stereocenters. The van der Waals surface area contributed by atoms with Gasteiger partial charge in [0.15, 0.2) is 0 Å². The summed E-state index contributed by atoms with van der Waals surface area (Å²) in [6.07, 6.45) is 12.9. The highest BCUT2D eigenvalue weighted by Crippen LogP contribution is 2.45. The van der Waals surface area contributed by atoms with E-state index in [0.29, 0.717) is 0 Å². The summed E-state index contributed by atoms with van der Waals surface area (Å²) >= 11 is 0. The van der Waals surface area contributed by atoms with Gasteiger partial charge in [0.05, 0.1) is 7.11 Å². The predicted octanol–water partition coefficient (Wildman–Crippen LogP) is 8.75. The van der Waals surface area contributed by atoms with E-state index < -0.39 is 0 Å². The maximum absolute atomic E-state index is 6.71. The van der Waals surface area contributed by atoms with Crippen LogP contribution in [0.1, 0.15) is 115 Å². The molecule has 0 aromatic heterocycles. The van der Waals surface area contributed by atoms with Crippen LogP contribution in [-0.2, 0) is 6.42 Å². The Kier molecular flexibility index (Phi) is 9.77. The van der Waals surface area contributed by atoms with Gasteiger partial charge in [-0.05, 0) is 87.8 Å². The number of rotatable bonds is 12. The largest absolute Gasteiger partial charge is 0.496 e. The van der Waals surface area contributed by atoms with Gasteiger partial charge in [0, 0.05) is 5.56 Å². The number of hydrogen-bond donors (Lipinski definition) is 0. The summed E-state index contributed by atoms with van der Waals surface area (Å²) in [7, 11) is 1.78. The van der Waals surface area contributed by atoms with Crippen molar-refractivity contribution in [1.29, 1.82) is 0 Å². The predicted molar refractivity (Wildman–Crippen MR) is 135 cm³/mol. The van der Waals surface area contributed by atoms with Crippen LogP contribution in [0.15, 0.2) is 0 Å². The van der Waals surface area contributed by atoms with E-state index in [2.05, 4.69) is 55.4 Å². The van der Waals surface area contributed by atoms with Gasteiger partial charge in [-0.2, -0.15) is 0 Å². The molecule has 0 unspecified atom stereocenters. The second-order valence-corrected chi connectivity index (χ2v) is 11.3. The first kappa shape index (κ1) is 26.1. The summed E-state index contributed by atoms with van der Waals surface area (Å²) < 4.78 is 12.4.